The second-order valence-electron chi connectivity index (χ2n) is 6.64. The zero-order valence-corrected chi connectivity index (χ0v) is 16.5. The summed E-state index contributed by atoms with van der Waals surface area (Å²) in [4.78, 5) is 28.5. The molecule has 0 atom stereocenters. The van der Waals surface area contributed by atoms with E-state index in [1.165, 1.54) is 41.7 Å². The number of benzene rings is 2. The van der Waals surface area contributed by atoms with Gasteiger partial charge in [-0.3, -0.25) is 0 Å². The number of hydrogen-bond donors (Lipinski definition) is 3. The van der Waals surface area contributed by atoms with Gasteiger partial charge in [-0.25, -0.2) is 24.4 Å². The number of urea groups is 1. The molecule has 152 valence electrons. The van der Waals surface area contributed by atoms with Crippen molar-refractivity contribution < 1.29 is 19.1 Å². The van der Waals surface area contributed by atoms with Gasteiger partial charge in [0.15, 0.2) is 0 Å². The Labute approximate surface area is 175 Å². The number of carbonyl (C=O) groups excluding carboxylic acids is 1. The molecular formula is C21H17FN4O3S. The molecular weight excluding hydrogens is 407 g/mol. The number of thiazole rings is 1. The van der Waals surface area contributed by atoms with E-state index in [9.17, 15) is 14.0 Å². The van der Waals surface area contributed by atoms with Crippen LogP contribution in [0.5, 0.6) is 0 Å². The fourth-order valence-corrected chi connectivity index (χ4v) is 4.27. The Bertz CT molecular complexity index is 1140. The molecule has 0 spiro atoms. The highest BCUT2D eigenvalue weighted by Gasteiger charge is 2.22. The summed E-state index contributed by atoms with van der Waals surface area (Å²) in [7, 11) is 0. The van der Waals surface area contributed by atoms with E-state index in [-0.39, 0.29) is 11.4 Å². The molecule has 2 amide bonds. The van der Waals surface area contributed by atoms with Crippen molar-refractivity contribution in [2.24, 2.45) is 5.10 Å². The predicted octanol–water partition coefficient (Wildman–Crippen LogP) is 4.51. The second-order valence-corrected chi connectivity index (χ2v) is 7.63. The van der Waals surface area contributed by atoms with Gasteiger partial charge in [0.1, 0.15) is 10.8 Å². The molecule has 2 aromatic carbocycles. The van der Waals surface area contributed by atoms with Crippen molar-refractivity contribution >= 4 is 34.7 Å². The zero-order chi connectivity index (χ0) is 21.1. The summed E-state index contributed by atoms with van der Waals surface area (Å²) in [6, 6.07) is 11.8. The first kappa shape index (κ1) is 19.7. The van der Waals surface area contributed by atoms with E-state index in [4.69, 9.17) is 5.11 Å². The molecule has 7 nitrogen and oxygen atoms in total. The van der Waals surface area contributed by atoms with Crippen LogP contribution in [0, 0.1) is 5.82 Å². The molecule has 1 aromatic heterocycles. The maximum Gasteiger partial charge on any atom is 0.339 e. The van der Waals surface area contributed by atoms with E-state index < -0.39 is 12.0 Å². The van der Waals surface area contributed by atoms with Crippen LogP contribution < -0.4 is 10.7 Å². The Balaban J connectivity index is 1.48. The molecule has 0 unspecified atom stereocenters. The van der Waals surface area contributed by atoms with Gasteiger partial charge >= 0.3 is 12.0 Å². The SMILES string of the molecule is O=C(N/N=C1/CCCc2nc(-c3ccccc3F)sc21)Nc1ccc(C(=O)O)cc1. The smallest absolute Gasteiger partial charge is 0.339 e. The van der Waals surface area contributed by atoms with Gasteiger partial charge < -0.3 is 10.4 Å². The van der Waals surface area contributed by atoms with E-state index in [2.05, 4.69) is 20.8 Å². The van der Waals surface area contributed by atoms with Crippen LogP contribution in [0.25, 0.3) is 10.6 Å². The summed E-state index contributed by atoms with van der Waals surface area (Å²) < 4.78 is 14.1. The van der Waals surface area contributed by atoms with Crippen LogP contribution in [-0.4, -0.2) is 27.8 Å². The molecule has 1 heterocycles. The third-order valence-electron chi connectivity index (χ3n) is 4.57. The average molecular weight is 424 g/mol. The van der Waals surface area contributed by atoms with Gasteiger partial charge in [-0.2, -0.15) is 5.10 Å². The lowest BCUT2D eigenvalue weighted by Crippen LogP contribution is -2.26. The lowest BCUT2D eigenvalue weighted by Gasteiger charge is -2.12. The van der Waals surface area contributed by atoms with Gasteiger partial charge in [0.25, 0.3) is 0 Å². The molecule has 0 saturated heterocycles. The number of amides is 2. The third-order valence-corrected chi connectivity index (χ3v) is 5.75. The van der Waals surface area contributed by atoms with E-state index >= 15 is 0 Å². The first-order valence-electron chi connectivity index (χ1n) is 9.23. The zero-order valence-electron chi connectivity index (χ0n) is 15.7. The van der Waals surface area contributed by atoms with Crippen LogP contribution in [-0.2, 0) is 6.42 Å². The number of carboxylic acids is 1. The van der Waals surface area contributed by atoms with Crippen molar-refractivity contribution in [3.63, 3.8) is 0 Å². The number of hydrazone groups is 1. The van der Waals surface area contributed by atoms with Crippen molar-refractivity contribution in [2.45, 2.75) is 19.3 Å². The summed E-state index contributed by atoms with van der Waals surface area (Å²) >= 11 is 1.36. The van der Waals surface area contributed by atoms with Gasteiger partial charge in [-0.15, -0.1) is 11.3 Å². The minimum atomic E-state index is -1.04. The molecule has 1 aliphatic rings. The monoisotopic (exact) mass is 424 g/mol. The molecule has 9 heteroatoms. The number of carbonyl (C=O) groups is 2. The Kier molecular flexibility index (Phi) is 5.53. The van der Waals surface area contributed by atoms with Crippen LogP contribution in [0.4, 0.5) is 14.9 Å². The summed E-state index contributed by atoms with van der Waals surface area (Å²) in [6.07, 6.45) is 2.30. The lowest BCUT2D eigenvalue weighted by atomic mass is 10.0. The fraction of sp³-hybridized carbons (Fsp3) is 0.143. The number of anilines is 1. The Hall–Kier alpha value is -3.59. The van der Waals surface area contributed by atoms with Gasteiger partial charge in [0, 0.05) is 11.3 Å². The number of fused-ring (bicyclic) bond motifs is 1. The highest BCUT2D eigenvalue weighted by molar-refractivity contribution is 7.17. The molecule has 0 bridgehead atoms. The molecule has 4 rings (SSSR count). The number of aromatic carboxylic acids is 1. The second kappa shape index (κ2) is 8.42. The molecule has 3 N–H and O–H groups in total. The average Bonchev–Trinajstić information content (AvgIpc) is 3.17. The number of halogens is 1. The van der Waals surface area contributed by atoms with Crippen LogP contribution >= 0.6 is 11.3 Å². The Morgan fingerprint density at radius 3 is 2.60 bits per heavy atom. The third kappa shape index (κ3) is 4.20. The first-order valence-corrected chi connectivity index (χ1v) is 10.0. The minimum absolute atomic E-state index is 0.131. The minimum Gasteiger partial charge on any atom is -0.478 e. The van der Waals surface area contributed by atoms with Gasteiger partial charge in [0.2, 0.25) is 0 Å². The highest BCUT2D eigenvalue weighted by atomic mass is 32.1. The number of rotatable bonds is 4. The Morgan fingerprint density at radius 2 is 1.87 bits per heavy atom. The standard InChI is InChI=1S/C21H17FN4O3S/c22-15-5-2-1-4-14(15)19-24-16-6-3-7-17(18(16)30-19)25-26-21(29)23-13-10-8-12(9-11-13)20(27)28/h1-2,4-5,8-11H,3,6-7H2,(H,27,28)(H2,23,26,29)/b25-17-. The number of hydrogen-bond acceptors (Lipinski definition) is 5. The predicted molar refractivity (Wildman–Crippen MR) is 113 cm³/mol. The lowest BCUT2D eigenvalue weighted by molar-refractivity contribution is 0.0697. The number of nitrogens with zero attached hydrogens (tertiary/aromatic N) is 2. The van der Waals surface area contributed by atoms with E-state index in [1.54, 1.807) is 18.2 Å². The fourth-order valence-electron chi connectivity index (χ4n) is 3.11. The van der Waals surface area contributed by atoms with Crippen molar-refractivity contribution in [3.05, 3.63) is 70.5 Å². The molecule has 0 radical (unpaired) electrons. The van der Waals surface area contributed by atoms with Crippen LogP contribution in [0.2, 0.25) is 0 Å². The van der Waals surface area contributed by atoms with E-state index in [0.717, 1.165) is 23.4 Å². The van der Waals surface area contributed by atoms with Crippen molar-refractivity contribution in [1.29, 1.82) is 0 Å². The number of aromatic nitrogens is 1. The molecule has 0 aliphatic heterocycles. The molecule has 0 fully saturated rings. The maximum atomic E-state index is 14.1. The molecule has 3 aromatic rings. The van der Waals surface area contributed by atoms with Gasteiger partial charge in [0.05, 0.1) is 21.8 Å². The van der Waals surface area contributed by atoms with Crippen molar-refractivity contribution in [3.8, 4) is 10.6 Å². The van der Waals surface area contributed by atoms with Crippen LogP contribution in [0.15, 0.2) is 53.6 Å². The largest absolute Gasteiger partial charge is 0.478 e. The maximum absolute atomic E-state index is 14.1. The van der Waals surface area contributed by atoms with Crippen LogP contribution in [0.1, 0.15) is 33.8 Å². The summed E-state index contributed by atoms with van der Waals surface area (Å²) in [5.74, 6) is -1.36. The van der Waals surface area contributed by atoms with Crippen molar-refractivity contribution in [1.82, 2.24) is 10.4 Å². The highest BCUT2D eigenvalue weighted by Crippen LogP contribution is 2.34. The van der Waals surface area contributed by atoms with Crippen molar-refractivity contribution in [2.75, 3.05) is 5.32 Å². The first-order chi connectivity index (χ1) is 14.5. The van der Waals surface area contributed by atoms with E-state index in [1.807, 2.05) is 0 Å². The van der Waals surface area contributed by atoms with E-state index in [0.29, 0.717) is 28.4 Å². The van der Waals surface area contributed by atoms with Gasteiger partial charge in [-0.1, -0.05) is 12.1 Å². The summed E-state index contributed by atoms with van der Waals surface area (Å²) in [5.41, 5.74) is 5.05. The normalized spacial score (nSPS) is 14.2. The molecule has 0 saturated carbocycles. The number of aryl methyl sites for hydroxylation is 1. The summed E-state index contributed by atoms with van der Waals surface area (Å²) in [5, 5.41) is 16.3. The Morgan fingerprint density at radius 1 is 1.10 bits per heavy atom. The molecule has 30 heavy (non-hydrogen) atoms. The van der Waals surface area contributed by atoms with Gasteiger partial charge in [-0.05, 0) is 55.7 Å². The quantitative estimate of drug-likeness (QED) is 0.536. The molecule has 1 aliphatic carbocycles. The number of nitrogens with one attached hydrogen (secondary N) is 2. The number of carboxylic acid groups (broad SMARTS) is 1. The topological polar surface area (TPSA) is 104 Å². The van der Waals surface area contributed by atoms with Crippen LogP contribution in [0.3, 0.4) is 0 Å². The summed E-state index contributed by atoms with van der Waals surface area (Å²) in [6.45, 7) is 0.